The van der Waals surface area contributed by atoms with Crippen LogP contribution in [0.15, 0.2) is 53.7 Å². The molecule has 2 aromatic carbocycles. The summed E-state index contributed by atoms with van der Waals surface area (Å²) in [6.45, 7) is 2.54. The van der Waals surface area contributed by atoms with Crippen molar-refractivity contribution >= 4 is 23.2 Å². The van der Waals surface area contributed by atoms with Crippen LogP contribution in [0.5, 0.6) is 0 Å². The Bertz CT molecular complexity index is 825. The number of benzene rings is 2. The summed E-state index contributed by atoms with van der Waals surface area (Å²) < 4.78 is 13.4. The van der Waals surface area contributed by atoms with E-state index in [1.807, 2.05) is 31.2 Å². The minimum atomic E-state index is -0.312. The molecule has 136 valence electrons. The third-order valence-corrected chi connectivity index (χ3v) is 4.59. The molecule has 6 heteroatoms. The third kappa shape index (κ3) is 4.41. The molecule has 2 aromatic rings. The van der Waals surface area contributed by atoms with Crippen LogP contribution >= 0.6 is 11.6 Å². The number of carbonyl (C=O) groups is 1. The van der Waals surface area contributed by atoms with Crippen LogP contribution in [-0.2, 0) is 16.2 Å². The highest BCUT2D eigenvalue weighted by molar-refractivity contribution is 6.34. The fourth-order valence-electron chi connectivity index (χ4n) is 2.96. The van der Waals surface area contributed by atoms with Gasteiger partial charge in [0.1, 0.15) is 5.82 Å². The first-order valence-corrected chi connectivity index (χ1v) is 8.94. The number of amides is 1. The number of hydrogen-bond acceptors (Lipinski definition) is 3. The lowest BCUT2D eigenvalue weighted by molar-refractivity contribution is -0.133. The predicted octanol–water partition coefficient (Wildman–Crippen LogP) is 4.41. The van der Waals surface area contributed by atoms with Crippen molar-refractivity contribution in [3.8, 4) is 0 Å². The first-order chi connectivity index (χ1) is 12.6. The lowest BCUT2D eigenvalue weighted by atomic mass is 10.0. The van der Waals surface area contributed by atoms with Gasteiger partial charge in [0, 0.05) is 30.0 Å². The largest absolute Gasteiger partial charge is 0.390 e. The Balaban J connectivity index is 1.67. The molecule has 0 radical (unpaired) electrons. The van der Waals surface area contributed by atoms with Gasteiger partial charge in [0.25, 0.3) is 0 Å². The van der Waals surface area contributed by atoms with Gasteiger partial charge in [-0.05, 0) is 23.8 Å². The van der Waals surface area contributed by atoms with Gasteiger partial charge in [-0.2, -0.15) is 0 Å². The Kier molecular flexibility index (Phi) is 5.89. The SMILES string of the molecule is CCC(=O)N(Cc1cccc(F)c1)C[C@H]1CC(c2ccccc2Cl)=NO1. The minimum absolute atomic E-state index is 0.0101. The zero-order valence-electron chi connectivity index (χ0n) is 14.5. The van der Waals surface area contributed by atoms with E-state index in [1.165, 1.54) is 12.1 Å². The number of carbonyl (C=O) groups excluding carboxylic acids is 1. The summed E-state index contributed by atoms with van der Waals surface area (Å²) in [4.78, 5) is 19.5. The lowest BCUT2D eigenvalue weighted by Crippen LogP contribution is -2.36. The molecular weight excluding hydrogens is 355 g/mol. The topological polar surface area (TPSA) is 41.9 Å². The summed E-state index contributed by atoms with van der Waals surface area (Å²) in [5, 5.41) is 4.76. The van der Waals surface area contributed by atoms with Gasteiger partial charge >= 0.3 is 0 Å². The molecule has 1 heterocycles. The van der Waals surface area contributed by atoms with E-state index in [0.717, 1.165) is 16.8 Å². The van der Waals surface area contributed by atoms with Crippen molar-refractivity contribution < 1.29 is 14.0 Å². The van der Waals surface area contributed by atoms with Gasteiger partial charge < -0.3 is 9.74 Å². The molecule has 26 heavy (non-hydrogen) atoms. The van der Waals surface area contributed by atoms with E-state index >= 15 is 0 Å². The second-order valence-corrected chi connectivity index (χ2v) is 6.61. The van der Waals surface area contributed by atoms with Crippen molar-refractivity contribution in [1.29, 1.82) is 0 Å². The van der Waals surface area contributed by atoms with Gasteiger partial charge in [-0.25, -0.2) is 4.39 Å². The molecule has 0 bridgehead atoms. The summed E-state index contributed by atoms with van der Waals surface area (Å²) in [5.41, 5.74) is 2.36. The first kappa shape index (κ1) is 18.4. The molecular formula is C20H20ClFN2O2. The van der Waals surface area contributed by atoms with Crippen LogP contribution in [0.25, 0.3) is 0 Å². The Morgan fingerprint density at radius 1 is 1.31 bits per heavy atom. The van der Waals surface area contributed by atoms with E-state index in [1.54, 1.807) is 17.0 Å². The molecule has 1 atom stereocenters. The number of halogens is 2. The Labute approximate surface area is 157 Å². The van der Waals surface area contributed by atoms with Gasteiger partial charge in [0.2, 0.25) is 5.91 Å². The van der Waals surface area contributed by atoms with Crippen LogP contribution in [0.2, 0.25) is 5.02 Å². The molecule has 4 nitrogen and oxygen atoms in total. The second kappa shape index (κ2) is 8.32. The van der Waals surface area contributed by atoms with Crippen LogP contribution in [0.1, 0.15) is 30.9 Å². The predicted molar refractivity (Wildman–Crippen MR) is 99.6 cm³/mol. The third-order valence-electron chi connectivity index (χ3n) is 4.26. The summed E-state index contributed by atoms with van der Waals surface area (Å²) in [6, 6.07) is 13.7. The summed E-state index contributed by atoms with van der Waals surface area (Å²) in [7, 11) is 0. The van der Waals surface area contributed by atoms with Crippen LogP contribution < -0.4 is 0 Å². The van der Waals surface area contributed by atoms with E-state index in [4.69, 9.17) is 16.4 Å². The van der Waals surface area contributed by atoms with Gasteiger partial charge in [0.15, 0.2) is 6.10 Å². The van der Waals surface area contributed by atoms with Crippen molar-refractivity contribution in [2.45, 2.75) is 32.4 Å². The first-order valence-electron chi connectivity index (χ1n) is 8.56. The maximum Gasteiger partial charge on any atom is 0.222 e. The van der Waals surface area contributed by atoms with Gasteiger partial charge in [-0.1, -0.05) is 54.0 Å². The molecule has 1 aliphatic rings. The molecule has 0 aliphatic carbocycles. The molecule has 0 N–H and O–H groups in total. The zero-order valence-corrected chi connectivity index (χ0v) is 15.2. The average Bonchev–Trinajstić information content (AvgIpc) is 3.09. The quantitative estimate of drug-likeness (QED) is 0.751. The van der Waals surface area contributed by atoms with Crippen molar-refractivity contribution in [3.63, 3.8) is 0 Å². The Morgan fingerprint density at radius 3 is 2.85 bits per heavy atom. The number of oxime groups is 1. The molecule has 0 saturated heterocycles. The molecule has 0 spiro atoms. The van der Waals surface area contributed by atoms with E-state index < -0.39 is 0 Å². The van der Waals surface area contributed by atoms with E-state index in [-0.39, 0.29) is 17.8 Å². The normalized spacial score (nSPS) is 16.1. The monoisotopic (exact) mass is 374 g/mol. The van der Waals surface area contributed by atoms with Crippen molar-refractivity contribution in [2.75, 3.05) is 6.54 Å². The molecule has 1 aliphatic heterocycles. The fraction of sp³-hybridized carbons (Fsp3) is 0.300. The smallest absolute Gasteiger partial charge is 0.222 e. The zero-order chi connectivity index (χ0) is 18.5. The van der Waals surface area contributed by atoms with E-state index in [2.05, 4.69) is 5.16 Å². The summed E-state index contributed by atoms with van der Waals surface area (Å²) >= 11 is 6.22. The van der Waals surface area contributed by atoms with Crippen LogP contribution in [0, 0.1) is 5.82 Å². The maximum absolute atomic E-state index is 13.4. The molecule has 0 unspecified atom stereocenters. The second-order valence-electron chi connectivity index (χ2n) is 6.21. The van der Waals surface area contributed by atoms with Crippen molar-refractivity contribution in [1.82, 2.24) is 4.90 Å². The number of rotatable bonds is 6. The minimum Gasteiger partial charge on any atom is -0.390 e. The highest BCUT2D eigenvalue weighted by Crippen LogP contribution is 2.23. The standard InChI is InChI=1S/C20H20ClFN2O2/c1-2-20(25)24(12-14-6-5-7-15(22)10-14)13-16-11-19(23-26-16)17-8-3-4-9-18(17)21/h3-10,16H,2,11-13H2,1H3/t16-/m1/s1. The van der Waals surface area contributed by atoms with Gasteiger partial charge in [-0.15, -0.1) is 0 Å². The Hall–Kier alpha value is -2.40. The molecule has 0 aromatic heterocycles. The molecule has 3 rings (SSSR count). The van der Waals surface area contributed by atoms with Crippen molar-refractivity contribution in [2.24, 2.45) is 5.16 Å². The highest BCUT2D eigenvalue weighted by Gasteiger charge is 2.27. The fourth-order valence-corrected chi connectivity index (χ4v) is 3.21. The number of hydrogen-bond donors (Lipinski definition) is 0. The van der Waals surface area contributed by atoms with Crippen LogP contribution in [-0.4, -0.2) is 29.2 Å². The summed E-state index contributed by atoms with van der Waals surface area (Å²) in [6.07, 6.45) is 0.700. The Morgan fingerprint density at radius 2 is 2.12 bits per heavy atom. The average molecular weight is 375 g/mol. The number of nitrogens with zero attached hydrogens (tertiary/aromatic N) is 2. The van der Waals surface area contributed by atoms with E-state index in [0.29, 0.717) is 31.0 Å². The van der Waals surface area contributed by atoms with Gasteiger partial charge in [-0.3, -0.25) is 4.79 Å². The van der Waals surface area contributed by atoms with Gasteiger partial charge in [0.05, 0.1) is 12.3 Å². The summed E-state index contributed by atoms with van der Waals surface area (Å²) in [5.74, 6) is -0.322. The lowest BCUT2D eigenvalue weighted by Gasteiger charge is -2.24. The molecule has 0 saturated carbocycles. The maximum atomic E-state index is 13.4. The molecule has 1 amide bonds. The van der Waals surface area contributed by atoms with Crippen LogP contribution in [0.3, 0.4) is 0 Å². The molecule has 0 fully saturated rings. The van der Waals surface area contributed by atoms with Crippen LogP contribution in [0.4, 0.5) is 4.39 Å². The van der Waals surface area contributed by atoms with E-state index in [9.17, 15) is 9.18 Å². The highest BCUT2D eigenvalue weighted by atomic mass is 35.5. The van der Waals surface area contributed by atoms with Crippen molar-refractivity contribution in [3.05, 3.63) is 70.5 Å².